The smallest absolute Gasteiger partial charge is 0.240 e. The SMILES string of the molecule is O=C1Cc2cnc(Nc3ccc(S(=O)(=O)N[C@@H]4CC5CC[C@H]4C5)cc3)nc2-c2ccccc2N1. The maximum atomic E-state index is 12.9. The Bertz CT molecular complexity index is 1370. The molecule has 174 valence electrons. The standard InChI is InChI=1S/C25H25N5O3S/c31-23-13-17-14-26-25(29-24(17)20-3-1-2-4-21(20)28-23)27-18-7-9-19(10-8-18)34(32,33)30-22-12-15-5-6-16(22)11-15/h1-4,7-10,14-16,22,30H,5-6,11-13H2,(H,28,31)(H,26,27,29)/t15?,16-,22+/m0/s1. The van der Waals surface area contributed by atoms with Gasteiger partial charge in [0.25, 0.3) is 0 Å². The maximum Gasteiger partial charge on any atom is 0.240 e. The van der Waals surface area contributed by atoms with Crippen LogP contribution in [0.25, 0.3) is 11.3 Å². The molecule has 3 aromatic rings. The van der Waals surface area contributed by atoms with Gasteiger partial charge < -0.3 is 10.6 Å². The first kappa shape index (κ1) is 21.2. The summed E-state index contributed by atoms with van der Waals surface area (Å²) in [6.45, 7) is 0. The monoisotopic (exact) mass is 475 g/mol. The number of carbonyl (C=O) groups excluding carboxylic acids is 1. The number of benzene rings is 2. The molecule has 2 aliphatic carbocycles. The van der Waals surface area contributed by atoms with E-state index < -0.39 is 10.0 Å². The van der Waals surface area contributed by atoms with Gasteiger partial charge in [0.1, 0.15) is 0 Å². The fourth-order valence-corrected chi connectivity index (χ4v) is 6.82. The summed E-state index contributed by atoms with van der Waals surface area (Å²) in [6.07, 6.45) is 6.30. The Morgan fingerprint density at radius 3 is 2.59 bits per heavy atom. The molecular formula is C25H25N5O3S. The lowest BCUT2D eigenvalue weighted by atomic mass is 9.96. The van der Waals surface area contributed by atoms with Crippen molar-refractivity contribution >= 4 is 33.3 Å². The molecule has 1 aromatic heterocycles. The Hall–Kier alpha value is -3.30. The third-order valence-corrected chi connectivity index (χ3v) is 8.64. The van der Waals surface area contributed by atoms with Crippen LogP contribution in [0.5, 0.6) is 0 Å². The van der Waals surface area contributed by atoms with Gasteiger partial charge in [-0.15, -0.1) is 0 Å². The van der Waals surface area contributed by atoms with Gasteiger partial charge in [-0.05, 0) is 61.4 Å². The molecule has 0 radical (unpaired) electrons. The minimum Gasteiger partial charge on any atom is -0.325 e. The molecule has 2 aromatic carbocycles. The van der Waals surface area contributed by atoms with Crippen LogP contribution in [-0.2, 0) is 21.2 Å². The van der Waals surface area contributed by atoms with Gasteiger partial charge in [0.05, 0.1) is 22.7 Å². The summed E-state index contributed by atoms with van der Waals surface area (Å²) >= 11 is 0. The maximum absolute atomic E-state index is 12.9. The predicted molar refractivity (Wildman–Crippen MR) is 129 cm³/mol. The third kappa shape index (κ3) is 3.95. The zero-order valence-corrected chi connectivity index (χ0v) is 19.3. The van der Waals surface area contributed by atoms with E-state index in [9.17, 15) is 13.2 Å². The lowest BCUT2D eigenvalue weighted by molar-refractivity contribution is -0.115. The van der Waals surface area contributed by atoms with Gasteiger partial charge in [-0.2, -0.15) is 0 Å². The second-order valence-corrected chi connectivity index (χ2v) is 11.1. The Morgan fingerprint density at radius 2 is 1.82 bits per heavy atom. The summed E-state index contributed by atoms with van der Waals surface area (Å²) in [6, 6.07) is 14.2. The Labute approximate surface area is 198 Å². The van der Waals surface area contributed by atoms with Crippen LogP contribution in [0.4, 0.5) is 17.3 Å². The minimum absolute atomic E-state index is 0.0544. The van der Waals surface area contributed by atoms with E-state index in [1.54, 1.807) is 30.5 Å². The van der Waals surface area contributed by atoms with Crippen molar-refractivity contribution in [2.75, 3.05) is 10.6 Å². The number of nitrogens with one attached hydrogen (secondary N) is 3. The highest BCUT2D eigenvalue weighted by molar-refractivity contribution is 7.89. The Morgan fingerprint density at radius 1 is 1.00 bits per heavy atom. The average molecular weight is 476 g/mol. The van der Waals surface area contributed by atoms with Gasteiger partial charge in [0, 0.05) is 29.1 Å². The first-order valence-corrected chi connectivity index (χ1v) is 13.1. The zero-order valence-electron chi connectivity index (χ0n) is 18.5. The van der Waals surface area contributed by atoms with Gasteiger partial charge in [0.15, 0.2) is 0 Å². The lowest BCUT2D eigenvalue weighted by Crippen LogP contribution is -2.38. The van der Waals surface area contributed by atoms with Gasteiger partial charge in [-0.1, -0.05) is 24.6 Å². The molecule has 0 saturated heterocycles. The second-order valence-electron chi connectivity index (χ2n) is 9.39. The van der Waals surface area contributed by atoms with Crippen LogP contribution in [0.1, 0.15) is 31.2 Å². The molecular weight excluding hydrogens is 450 g/mol. The summed E-state index contributed by atoms with van der Waals surface area (Å²) in [4.78, 5) is 21.5. The van der Waals surface area contributed by atoms with Gasteiger partial charge in [-0.25, -0.2) is 23.1 Å². The third-order valence-electron chi connectivity index (χ3n) is 7.14. The lowest BCUT2D eigenvalue weighted by Gasteiger charge is -2.22. The molecule has 9 heteroatoms. The second kappa shape index (κ2) is 8.18. The van der Waals surface area contributed by atoms with E-state index in [0.717, 1.165) is 30.4 Å². The first-order chi connectivity index (χ1) is 16.4. The summed E-state index contributed by atoms with van der Waals surface area (Å²) < 4.78 is 28.7. The summed E-state index contributed by atoms with van der Waals surface area (Å²) in [5.41, 5.74) is 3.67. The van der Waals surface area contributed by atoms with Crippen molar-refractivity contribution in [2.24, 2.45) is 11.8 Å². The largest absolute Gasteiger partial charge is 0.325 e. The van der Waals surface area contributed by atoms with E-state index >= 15 is 0 Å². The molecule has 34 heavy (non-hydrogen) atoms. The highest BCUT2D eigenvalue weighted by Crippen LogP contribution is 2.44. The van der Waals surface area contributed by atoms with Gasteiger partial charge in [-0.3, -0.25) is 4.79 Å². The van der Waals surface area contributed by atoms with Crippen molar-refractivity contribution in [1.29, 1.82) is 0 Å². The van der Waals surface area contributed by atoms with Gasteiger partial charge >= 0.3 is 0 Å². The molecule has 6 rings (SSSR count). The fourth-order valence-electron chi connectivity index (χ4n) is 5.50. The van der Waals surface area contributed by atoms with Crippen LogP contribution >= 0.6 is 0 Å². The number of fused-ring (bicyclic) bond motifs is 5. The van der Waals surface area contributed by atoms with Crippen LogP contribution in [0.15, 0.2) is 59.6 Å². The number of aromatic nitrogens is 2. The normalized spacial score (nSPS) is 23.1. The number of amides is 1. The van der Waals surface area contributed by atoms with Crippen molar-refractivity contribution in [1.82, 2.24) is 14.7 Å². The van der Waals surface area contributed by atoms with E-state index in [-0.39, 0.29) is 23.3 Å². The summed E-state index contributed by atoms with van der Waals surface area (Å²) in [5.74, 6) is 1.41. The number of para-hydroxylation sites is 1. The van der Waals surface area contributed by atoms with E-state index in [0.29, 0.717) is 34.9 Å². The number of nitrogens with zero attached hydrogens (tertiary/aromatic N) is 2. The molecule has 3 N–H and O–H groups in total. The van der Waals surface area contributed by atoms with Crippen LogP contribution in [0.3, 0.4) is 0 Å². The molecule has 1 amide bonds. The van der Waals surface area contributed by atoms with Crippen LogP contribution in [-0.4, -0.2) is 30.3 Å². The molecule has 2 bridgehead atoms. The fraction of sp³-hybridized carbons (Fsp3) is 0.320. The number of anilines is 3. The molecule has 2 saturated carbocycles. The van der Waals surface area contributed by atoms with Gasteiger partial charge in [0.2, 0.25) is 21.9 Å². The van der Waals surface area contributed by atoms with Crippen molar-refractivity contribution in [2.45, 2.75) is 43.0 Å². The molecule has 3 aliphatic rings. The van der Waals surface area contributed by atoms with E-state index in [1.165, 1.54) is 6.42 Å². The molecule has 1 unspecified atom stereocenters. The highest BCUT2D eigenvalue weighted by Gasteiger charge is 2.41. The van der Waals surface area contributed by atoms with Crippen molar-refractivity contribution in [3.8, 4) is 11.3 Å². The summed E-state index contributed by atoms with van der Waals surface area (Å²) in [5, 5.41) is 6.05. The highest BCUT2D eigenvalue weighted by atomic mass is 32.2. The van der Waals surface area contributed by atoms with Crippen LogP contribution < -0.4 is 15.4 Å². The van der Waals surface area contributed by atoms with E-state index in [2.05, 4.69) is 25.3 Å². The molecule has 1 aliphatic heterocycles. The number of sulfonamides is 1. The number of hydrogen-bond acceptors (Lipinski definition) is 6. The zero-order chi connectivity index (χ0) is 23.3. The number of rotatable bonds is 5. The quantitative estimate of drug-likeness (QED) is 0.517. The predicted octanol–water partition coefficient (Wildman–Crippen LogP) is 3.85. The van der Waals surface area contributed by atoms with Crippen LogP contribution in [0.2, 0.25) is 0 Å². The number of hydrogen-bond donors (Lipinski definition) is 3. The topological polar surface area (TPSA) is 113 Å². The van der Waals surface area contributed by atoms with E-state index in [4.69, 9.17) is 0 Å². The minimum atomic E-state index is -3.56. The Balaban J connectivity index is 1.21. The Kier molecular flexibility index (Phi) is 5.11. The average Bonchev–Trinajstić information content (AvgIpc) is 3.40. The molecule has 3 atom stereocenters. The van der Waals surface area contributed by atoms with Crippen LogP contribution in [0, 0.1) is 11.8 Å². The van der Waals surface area contributed by atoms with Crippen molar-refractivity contribution < 1.29 is 13.2 Å². The van der Waals surface area contributed by atoms with Crippen molar-refractivity contribution in [3.05, 3.63) is 60.3 Å². The summed E-state index contributed by atoms with van der Waals surface area (Å²) in [7, 11) is -3.56. The molecule has 0 spiro atoms. The molecule has 2 fully saturated rings. The van der Waals surface area contributed by atoms with E-state index in [1.807, 2.05) is 24.3 Å². The molecule has 2 heterocycles. The molecule has 8 nitrogen and oxygen atoms in total. The van der Waals surface area contributed by atoms with Crippen molar-refractivity contribution in [3.63, 3.8) is 0 Å². The first-order valence-electron chi connectivity index (χ1n) is 11.6. The number of carbonyl (C=O) groups is 1.